The lowest BCUT2D eigenvalue weighted by Gasteiger charge is -2.25. The number of imidazole rings is 1. The zero-order valence-corrected chi connectivity index (χ0v) is 11.3. The van der Waals surface area contributed by atoms with E-state index in [1.165, 1.54) is 0 Å². The lowest BCUT2D eigenvalue weighted by molar-refractivity contribution is 0.111. The maximum atomic E-state index is 9.50. The number of hydrogen-bond acceptors (Lipinski definition) is 3. The van der Waals surface area contributed by atoms with Crippen LogP contribution < -0.4 is 5.32 Å². The van der Waals surface area contributed by atoms with Gasteiger partial charge in [0.2, 0.25) is 0 Å². The summed E-state index contributed by atoms with van der Waals surface area (Å²) in [4.78, 5) is 4.37. The van der Waals surface area contributed by atoms with E-state index in [-0.39, 0.29) is 6.10 Å². The second-order valence-corrected chi connectivity index (χ2v) is 5.61. The molecule has 1 aliphatic carbocycles. The topological polar surface area (TPSA) is 50.1 Å². The molecule has 1 aliphatic rings. The van der Waals surface area contributed by atoms with Crippen LogP contribution in [-0.2, 0) is 7.05 Å². The van der Waals surface area contributed by atoms with Crippen LogP contribution in [0, 0.1) is 5.92 Å². The molecule has 1 aromatic carbocycles. The molecule has 0 bridgehead atoms. The zero-order chi connectivity index (χ0) is 13.2. The molecule has 1 aromatic heterocycles. The van der Waals surface area contributed by atoms with Crippen molar-refractivity contribution in [2.45, 2.75) is 31.8 Å². The zero-order valence-electron chi connectivity index (χ0n) is 11.3. The maximum Gasteiger partial charge on any atom is 0.0955 e. The number of rotatable bonds is 3. The fourth-order valence-electron chi connectivity index (χ4n) is 2.86. The Labute approximate surface area is 113 Å². The van der Waals surface area contributed by atoms with Gasteiger partial charge in [0.15, 0.2) is 0 Å². The third kappa shape index (κ3) is 2.73. The highest BCUT2D eigenvalue weighted by Crippen LogP contribution is 2.25. The van der Waals surface area contributed by atoms with Crippen molar-refractivity contribution in [2.75, 3.05) is 11.9 Å². The van der Waals surface area contributed by atoms with Crippen LogP contribution in [0.25, 0.3) is 11.0 Å². The lowest BCUT2D eigenvalue weighted by Crippen LogP contribution is -2.23. The van der Waals surface area contributed by atoms with Gasteiger partial charge in [-0.1, -0.05) is 0 Å². The first-order valence-electron chi connectivity index (χ1n) is 7.05. The second-order valence-electron chi connectivity index (χ2n) is 5.61. The molecule has 0 aliphatic heterocycles. The van der Waals surface area contributed by atoms with Gasteiger partial charge in [-0.25, -0.2) is 4.98 Å². The summed E-state index contributed by atoms with van der Waals surface area (Å²) in [5.74, 6) is 0.683. The van der Waals surface area contributed by atoms with Gasteiger partial charge in [0.05, 0.1) is 23.5 Å². The molecule has 1 fully saturated rings. The van der Waals surface area contributed by atoms with Gasteiger partial charge < -0.3 is 15.0 Å². The van der Waals surface area contributed by atoms with Crippen molar-refractivity contribution < 1.29 is 5.11 Å². The van der Waals surface area contributed by atoms with E-state index in [2.05, 4.69) is 28.5 Å². The molecule has 0 unspecified atom stereocenters. The Morgan fingerprint density at radius 1 is 1.32 bits per heavy atom. The highest BCUT2D eigenvalue weighted by Gasteiger charge is 2.18. The van der Waals surface area contributed by atoms with Crippen LogP contribution in [0.4, 0.5) is 5.69 Å². The third-order valence-corrected chi connectivity index (χ3v) is 4.14. The second kappa shape index (κ2) is 5.21. The summed E-state index contributed by atoms with van der Waals surface area (Å²) < 4.78 is 2.03. The Bertz CT molecular complexity index is 556. The smallest absolute Gasteiger partial charge is 0.0955 e. The molecule has 1 heterocycles. The lowest BCUT2D eigenvalue weighted by atomic mass is 9.87. The third-order valence-electron chi connectivity index (χ3n) is 4.14. The number of nitrogens with zero attached hydrogens (tertiary/aromatic N) is 2. The Morgan fingerprint density at radius 3 is 2.89 bits per heavy atom. The number of aliphatic hydroxyl groups excluding tert-OH is 1. The molecular weight excluding hydrogens is 238 g/mol. The van der Waals surface area contributed by atoms with E-state index in [1.54, 1.807) is 0 Å². The van der Waals surface area contributed by atoms with Gasteiger partial charge in [-0.15, -0.1) is 0 Å². The molecular formula is C15H21N3O. The Hall–Kier alpha value is -1.55. The molecule has 2 aromatic rings. The average molecular weight is 259 g/mol. The van der Waals surface area contributed by atoms with Gasteiger partial charge in [-0.2, -0.15) is 0 Å². The number of benzene rings is 1. The van der Waals surface area contributed by atoms with Crippen LogP contribution in [0.3, 0.4) is 0 Å². The molecule has 4 heteroatoms. The number of hydrogen-bond donors (Lipinski definition) is 2. The van der Waals surface area contributed by atoms with Crippen LogP contribution in [0.5, 0.6) is 0 Å². The molecule has 0 amide bonds. The van der Waals surface area contributed by atoms with Gasteiger partial charge >= 0.3 is 0 Å². The summed E-state index contributed by atoms with van der Waals surface area (Å²) in [5, 5.41) is 13.0. The minimum absolute atomic E-state index is 0.0684. The van der Waals surface area contributed by atoms with Crippen molar-refractivity contribution in [3.8, 4) is 0 Å². The normalized spacial score (nSPS) is 23.7. The van der Waals surface area contributed by atoms with Gasteiger partial charge in [0, 0.05) is 19.3 Å². The largest absolute Gasteiger partial charge is 0.393 e. The van der Waals surface area contributed by atoms with Crippen molar-refractivity contribution in [1.82, 2.24) is 9.55 Å². The van der Waals surface area contributed by atoms with Crippen molar-refractivity contribution in [2.24, 2.45) is 13.0 Å². The molecule has 102 valence electrons. The fraction of sp³-hybridized carbons (Fsp3) is 0.533. The van der Waals surface area contributed by atoms with E-state index >= 15 is 0 Å². The maximum absolute atomic E-state index is 9.50. The molecule has 3 rings (SSSR count). The van der Waals surface area contributed by atoms with E-state index in [0.29, 0.717) is 5.92 Å². The van der Waals surface area contributed by atoms with Crippen LogP contribution in [0.1, 0.15) is 25.7 Å². The minimum atomic E-state index is -0.0684. The Balaban J connectivity index is 1.62. The van der Waals surface area contributed by atoms with Gasteiger partial charge in [-0.3, -0.25) is 0 Å². The predicted molar refractivity (Wildman–Crippen MR) is 77.2 cm³/mol. The Kier molecular flexibility index (Phi) is 3.42. The van der Waals surface area contributed by atoms with Crippen molar-refractivity contribution in [3.05, 3.63) is 24.5 Å². The van der Waals surface area contributed by atoms with Gasteiger partial charge in [-0.05, 0) is 49.8 Å². The van der Waals surface area contributed by atoms with Crippen LogP contribution in [0.2, 0.25) is 0 Å². The quantitative estimate of drug-likeness (QED) is 0.890. The number of anilines is 1. The van der Waals surface area contributed by atoms with Crippen molar-refractivity contribution in [1.29, 1.82) is 0 Å². The van der Waals surface area contributed by atoms with E-state index in [1.807, 2.05) is 17.9 Å². The van der Waals surface area contributed by atoms with E-state index in [0.717, 1.165) is 48.9 Å². The summed E-state index contributed by atoms with van der Waals surface area (Å²) in [6.45, 7) is 0.991. The molecule has 0 atom stereocenters. The highest BCUT2D eigenvalue weighted by molar-refractivity contribution is 5.79. The molecule has 2 N–H and O–H groups in total. The molecule has 0 saturated heterocycles. The Morgan fingerprint density at radius 2 is 2.11 bits per heavy atom. The van der Waals surface area contributed by atoms with E-state index < -0.39 is 0 Å². The highest BCUT2D eigenvalue weighted by atomic mass is 16.3. The minimum Gasteiger partial charge on any atom is -0.393 e. The number of aryl methyl sites for hydroxylation is 1. The molecule has 1 saturated carbocycles. The summed E-state index contributed by atoms with van der Waals surface area (Å²) in [5.41, 5.74) is 3.33. The first-order valence-corrected chi connectivity index (χ1v) is 7.05. The average Bonchev–Trinajstić information content (AvgIpc) is 2.79. The number of fused-ring (bicyclic) bond motifs is 1. The van der Waals surface area contributed by atoms with Crippen LogP contribution >= 0.6 is 0 Å². The summed E-state index contributed by atoms with van der Waals surface area (Å²) in [6, 6.07) is 6.32. The number of nitrogens with one attached hydrogen (secondary N) is 1. The molecule has 0 spiro atoms. The van der Waals surface area contributed by atoms with E-state index in [9.17, 15) is 5.11 Å². The van der Waals surface area contributed by atoms with Crippen LogP contribution in [0.15, 0.2) is 24.5 Å². The summed E-state index contributed by atoms with van der Waals surface area (Å²) in [6.07, 6.45) is 5.93. The fourth-order valence-corrected chi connectivity index (χ4v) is 2.86. The van der Waals surface area contributed by atoms with Gasteiger partial charge in [0.25, 0.3) is 0 Å². The first kappa shape index (κ1) is 12.5. The number of aliphatic hydroxyl groups is 1. The molecule has 4 nitrogen and oxygen atoms in total. The summed E-state index contributed by atoms with van der Waals surface area (Å²) in [7, 11) is 2.01. The van der Waals surface area contributed by atoms with Crippen LogP contribution in [-0.4, -0.2) is 27.3 Å². The van der Waals surface area contributed by atoms with Crippen molar-refractivity contribution >= 4 is 16.7 Å². The SMILES string of the molecule is Cn1cnc2cc(NCC3CCC(O)CC3)ccc21. The molecule has 19 heavy (non-hydrogen) atoms. The van der Waals surface area contributed by atoms with E-state index in [4.69, 9.17) is 0 Å². The standard InChI is InChI=1S/C15H21N3O/c1-18-10-17-14-8-12(4-7-15(14)18)16-9-11-2-5-13(19)6-3-11/h4,7-8,10-11,13,16,19H,2-3,5-6,9H2,1H3. The van der Waals surface area contributed by atoms with Gasteiger partial charge in [0.1, 0.15) is 0 Å². The summed E-state index contributed by atoms with van der Waals surface area (Å²) >= 11 is 0. The predicted octanol–water partition coefficient (Wildman–Crippen LogP) is 2.54. The first-order chi connectivity index (χ1) is 9.22. The number of aromatic nitrogens is 2. The molecule has 0 radical (unpaired) electrons. The monoisotopic (exact) mass is 259 g/mol. The van der Waals surface area contributed by atoms with Crippen molar-refractivity contribution in [3.63, 3.8) is 0 Å².